The first kappa shape index (κ1) is 8.75. The summed E-state index contributed by atoms with van der Waals surface area (Å²) < 4.78 is 5.04. The lowest BCUT2D eigenvalue weighted by molar-refractivity contribution is 0.414. The van der Waals surface area contributed by atoms with Crippen molar-refractivity contribution in [3.05, 3.63) is 23.8 Å². The number of benzene rings is 1. The number of ether oxygens (including phenoxy) is 1. The van der Waals surface area contributed by atoms with Gasteiger partial charge in [-0.3, -0.25) is 0 Å². The van der Waals surface area contributed by atoms with Crippen LogP contribution in [0, 0.1) is 6.92 Å². The van der Waals surface area contributed by atoms with Gasteiger partial charge in [-0.15, -0.1) is 0 Å². The van der Waals surface area contributed by atoms with Crippen LogP contribution in [0.1, 0.15) is 5.56 Å². The monoisotopic (exact) mass is 188 g/mol. The van der Waals surface area contributed by atoms with Crippen LogP contribution in [0.3, 0.4) is 0 Å². The Morgan fingerprint density at radius 2 is 2.18 bits per heavy atom. The number of rotatable bonds is 2. The lowest BCUT2D eigenvalue weighted by Gasteiger charge is -2.03. The van der Waals surface area contributed by atoms with E-state index in [-0.39, 0.29) is 0 Å². The summed E-state index contributed by atoms with van der Waals surface area (Å²) in [5.74, 6) is 0.872. The minimum atomic E-state index is 0.872. The largest absolute Gasteiger partial charge is 0.497 e. The Balaban J connectivity index is 2.99. The molecule has 0 unspecified atom stereocenters. The summed E-state index contributed by atoms with van der Waals surface area (Å²) in [7, 11) is 8.49. The van der Waals surface area contributed by atoms with E-state index in [0.29, 0.717) is 0 Å². The second-order valence-electron chi connectivity index (χ2n) is 2.21. The second kappa shape index (κ2) is 3.88. The van der Waals surface area contributed by atoms with Gasteiger partial charge in [0.1, 0.15) is 5.75 Å². The van der Waals surface area contributed by atoms with E-state index in [4.69, 9.17) is 15.4 Å². The molecule has 1 rings (SSSR count). The third-order valence-electron chi connectivity index (χ3n) is 1.47. The number of halogens is 1. The fourth-order valence-electron chi connectivity index (χ4n) is 0.835. The summed E-state index contributed by atoms with van der Waals surface area (Å²) in [6.07, 6.45) is 0. The van der Waals surface area contributed by atoms with Crippen molar-refractivity contribution in [3.63, 3.8) is 0 Å². The first-order valence-corrected chi connectivity index (χ1v) is 4.85. The van der Waals surface area contributed by atoms with Gasteiger partial charge >= 0.3 is 0 Å². The molecule has 1 nitrogen and oxygen atoms in total. The van der Waals surface area contributed by atoms with Crippen LogP contribution in [0.4, 0.5) is 0 Å². The molecule has 0 aliphatic heterocycles. The highest BCUT2D eigenvalue weighted by Gasteiger charge is 1.98. The van der Waals surface area contributed by atoms with Crippen LogP contribution in [-0.4, -0.2) is 7.11 Å². The van der Waals surface area contributed by atoms with Crippen LogP contribution in [0.5, 0.6) is 5.75 Å². The van der Waals surface area contributed by atoms with Crippen molar-refractivity contribution >= 4 is 21.7 Å². The van der Waals surface area contributed by atoms with Crippen molar-refractivity contribution in [1.29, 1.82) is 0 Å². The summed E-state index contributed by atoms with van der Waals surface area (Å²) in [5.41, 5.74) is 1.14. The molecule has 0 spiro atoms. The molecule has 0 atom stereocenters. The van der Waals surface area contributed by atoms with Crippen LogP contribution in [0.25, 0.3) is 0 Å². The molecule has 0 aromatic heterocycles. The van der Waals surface area contributed by atoms with Crippen molar-refractivity contribution < 1.29 is 4.74 Å². The van der Waals surface area contributed by atoms with Gasteiger partial charge in [-0.05, 0) is 52.3 Å². The van der Waals surface area contributed by atoms with E-state index in [2.05, 4.69) is 0 Å². The smallest absolute Gasteiger partial charge is 0.119 e. The van der Waals surface area contributed by atoms with E-state index < -0.39 is 0 Å². The number of methoxy groups -OCH3 is 1. The topological polar surface area (TPSA) is 9.23 Å². The van der Waals surface area contributed by atoms with Gasteiger partial charge < -0.3 is 4.74 Å². The molecule has 0 fully saturated rings. The molecule has 0 saturated carbocycles. The van der Waals surface area contributed by atoms with Crippen LogP contribution < -0.4 is 4.74 Å². The lowest BCUT2D eigenvalue weighted by Crippen LogP contribution is -1.84. The number of hydrogen-bond donors (Lipinski definition) is 0. The van der Waals surface area contributed by atoms with E-state index in [9.17, 15) is 0 Å². The van der Waals surface area contributed by atoms with Crippen molar-refractivity contribution in [3.8, 4) is 5.75 Å². The van der Waals surface area contributed by atoms with Gasteiger partial charge in [0.25, 0.3) is 0 Å². The van der Waals surface area contributed by atoms with Gasteiger partial charge in [-0.25, -0.2) is 0 Å². The van der Waals surface area contributed by atoms with Crippen LogP contribution in [0.15, 0.2) is 23.1 Å². The fraction of sp³-hybridized carbons (Fsp3) is 0.250. The number of hydrogen-bond acceptors (Lipinski definition) is 2. The predicted molar refractivity (Wildman–Crippen MR) is 49.4 cm³/mol. The molecule has 0 N–H and O–H groups in total. The quantitative estimate of drug-likeness (QED) is 0.705. The van der Waals surface area contributed by atoms with Crippen molar-refractivity contribution in [2.45, 2.75) is 11.8 Å². The SMILES string of the molecule is COc1ccc(SCl)c(C)c1. The normalized spacial score (nSPS) is 9.73. The van der Waals surface area contributed by atoms with E-state index in [1.165, 1.54) is 11.0 Å². The minimum Gasteiger partial charge on any atom is -0.497 e. The average Bonchev–Trinajstić information content (AvgIpc) is 2.04. The molecule has 60 valence electrons. The zero-order valence-corrected chi connectivity index (χ0v) is 8.00. The molecule has 0 radical (unpaired) electrons. The highest BCUT2D eigenvalue weighted by molar-refractivity contribution is 8.21. The molecule has 1 aromatic rings. The third-order valence-corrected chi connectivity index (χ3v) is 2.59. The maximum atomic E-state index is 5.60. The van der Waals surface area contributed by atoms with Gasteiger partial charge in [0.05, 0.1) is 7.11 Å². The summed E-state index contributed by atoms with van der Waals surface area (Å²) in [5, 5.41) is 0. The predicted octanol–water partition coefficient (Wildman–Crippen LogP) is 3.25. The Hall–Kier alpha value is -0.340. The fourth-order valence-corrected chi connectivity index (χ4v) is 1.65. The Morgan fingerprint density at radius 3 is 2.64 bits per heavy atom. The van der Waals surface area contributed by atoms with Gasteiger partial charge in [-0.2, -0.15) is 0 Å². The van der Waals surface area contributed by atoms with Crippen molar-refractivity contribution in [2.75, 3.05) is 7.11 Å². The van der Waals surface area contributed by atoms with E-state index >= 15 is 0 Å². The van der Waals surface area contributed by atoms with Crippen LogP contribution in [0.2, 0.25) is 0 Å². The molecule has 3 heteroatoms. The van der Waals surface area contributed by atoms with Crippen molar-refractivity contribution in [1.82, 2.24) is 0 Å². The zero-order chi connectivity index (χ0) is 8.27. The molecular weight excluding hydrogens is 180 g/mol. The highest BCUT2D eigenvalue weighted by Crippen LogP contribution is 2.28. The molecule has 0 bridgehead atoms. The third kappa shape index (κ3) is 2.04. The van der Waals surface area contributed by atoms with E-state index in [0.717, 1.165) is 16.2 Å². The Labute approximate surface area is 75.2 Å². The van der Waals surface area contributed by atoms with Crippen molar-refractivity contribution in [2.24, 2.45) is 0 Å². The molecule has 0 heterocycles. The lowest BCUT2D eigenvalue weighted by atomic mass is 10.2. The van der Waals surface area contributed by atoms with Crippen LogP contribution >= 0.6 is 21.7 Å². The first-order valence-electron chi connectivity index (χ1n) is 3.21. The van der Waals surface area contributed by atoms with E-state index in [1.54, 1.807) is 7.11 Å². The zero-order valence-electron chi connectivity index (χ0n) is 6.43. The minimum absolute atomic E-state index is 0.872. The Morgan fingerprint density at radius 1 is 1.45 bits per heavy atom. The summed E-state index contributed by atoms with van der Waals surface area (Å²) in [6, 6.07) is 5.81. The van der Waals surface area contributed by atoms with Gasteiger partial charge in [0, 0.05) is 4.90 Å². The van der Waals surface area contributed by atoms with Crippen LogP contribution in [-0.2, 0) is 0 Å². The first-order chi connectivity index (χ1) is 5.27. The molecular formula is C8H9ClOS. The molecule has 1 aromatic carbocycles. The maximum absolute atomic E-state index is 5.60. The average molecular weight is 189 g/mol. The molecule has 0 saturated heterocycles. The van der Waals surface area contributed by atoms with Gasteiger partial charge in [0.15, 0.2) is 0 Å². The standard InChI is InChI=1S/C8H9ClOS/c1-6-5-7(10-2)3-4-8(6)11-9/h3-5H,1-2H3. The van der Waals surface area contributed by atoms with Gasteiger partial charge in [-0.1, -0.05) is 0 Å². The highest BCUT2D eigenvalue weighted by atomic mass is 35.7. The molecule has 11 heavy (non-hydrogen) atoms. The number of aryl methyl sites for hydroxylation is 1. The molecule has 0 aliphatic carbocycles. The summed E-state index contributed by atoms with van der Waals surface area (Å²) in [6.45, 7) is 2.01. The maximum Gasteiger partial charge on any atom is 0.119 e. The van der Waals surface area contributed by atoms with E-state index in [1.807, 2.05) is 25.1 Å². The Kier molecular flexibility index (Phi) is 3.09. The molecule has 0 amide bonds. The summed E-state index contributed by atoms with van der Waals surface area (Å²) in [4.78, 5) is 1.08. The molecule has 0 aliphatic rings. The summed E-state index contributed by atoms with van der Waals surface area (Å²) >= 11 is 0. The van der Waals surface area contributed by atoms with Gasteiger partial charge in [0.2, 0.25) is 0 Å². The Bertz CT molecular complexity index is 250. The second-order valence-corrected chi connectivity index (χ2v) is 3.27.